The summed E-state index contributed by atoms with van der Waals surface area (Å²) >= 11 is 7.34. The lowest BCUT2D eigenvalue weighted by atomic mass is 10.1. The number of carbonyl (C=O) groups is 1. The van der Waals surface area contributed by atoms with Crippen LogP contribution in [0.3, 0.4) is 0 Å². The van der Waals surface area contributed by atoms with Crippen LogP contribution in [0, 0.1) is 11.6 Å². The highest BCUT2D eigenvalue weighted by atomic mass is 35.5. The number of pyridine rings is 1. The van der Waals surface area contributed by atoms with Gasteiger partial charge in [0.2, 0.25) is 0 Å². The second kappa shape index (κ2) is 7.06. The molecule has 0 aliphatic heterocycles. The summed E-state index contributed by atoms with van der Waals surface area (Å²) in [6.45, 7) is 0. The predicted octanol–water partition coefficient (Wildman–Crippen LogP) is 6.15. The van der Waals surface area contributed by atoms with Crippen molar-refractivity contribution in [1.82, 2.24) is 4.98 Å². The van der Waals surface area contributed by atoms with E-state index in [0.29, 0.717) is 26.5 Å². The number of benzene rings is 2. The van der Waals surface area contributed by atoms with Gasteiger partial charge in [-0.25, -0.2) is 13.8 Å². The molecule has 0 aliphatic carbocycles. The predicted molar refractivity (Wildman–Crippen MR) is 104 cm³/mol. The lowest BCUT2D eigenvalue weighted by Crippen LogP contribution is -2.14. The van der Waals surface area contributed by atoms with Gasteiger partial charge in [-0.05, 0) is 36.4 Å². The monoisotopic (exact) mass is 400 g/mol. The van der Waals surface area contributed by atoms with Crippen molar-refractivity contribution in [3.8, 4) is 10.6 Å². The van der Waals surface area contributed by atoms with E-state index < -0.39 is 17.5 Å². The third-order valence-corrected chi connectivity index (χ3v) is 5.22. The number of hydrogen-bond donors (Lipinski definition) is 1. The smallest absolute Gasteiger partial charge is 0.256 e. The minimum absolute atomic E-state index is 0.221. The molecule has 0 saturated heterocycles. The Morgan fingerprint density at radius 2 is 1.85 bits per heavy atom. The molecule has 0 spiro atoms. The minimum atomic E-state index is -0.714. The minimum Gasteiger partial charge on any atom is -0.319 e. The summed E-state index contributed by atoms with van der Waals surface area (Å²) in [6, 6.07) is 15.2. The molecule has 1 N–H and O–H groups in total. The molecule has 7 heteroatoms. The van der Waals surface area contributed by atoms with Gasteiger partial charge in [-0.1, -0.05) is 29.8 Å². The van der Waals surface area contributed by atoms with Crippen LogP contribution in [0.15, 0.2) is 60.7 Å². The van der Waals surface area contributed by atoms with Gasteiger partial charge < -0.3 is 5.32 Å². The number of amides is 1. The molecule has 0 bridgehead atoms. The Morgan fingerprint density at radius 3 is 2.63 bits per heavy atom. The van der Waals surface area contributed by atoms with Gasteiger partial charge in [-0.3, -0.25) is 4.79 Å². The molecule has 4 rings (SSSR count). The van der Waals surface area contributed by atoms with Crippen molar-refractivity contribution in [1.29, 1.82) is 0 Å². The van der Waals surface area contributed by atoms with E-state index in [1.807, 2.05) is 12.1 Å². The Hall–Kier alpha value is -2.83. The van der Waals surface area contributed by atoms with Gasteiger partial charge in [-0.2, -0.15) is 0 Å². The number of nitrogens with one attached hydrogen (secondary N) is 1. The first-order chi connectivity index (χ1) is 13.0. The van der Waals surface area contributed by atoms with E-state index in [1.165, 1.54) is 11.3 Å². The molecular formula is C20H11ClF2N2OS. The van der Waals surface area contributed by atoms with Crippen LogP contribution in [-0.4, -0.2) is 10.9 Å². The molecular weight excluding hydrogens is 390 g/mol. The van der Waals surface area contributed by atoms with Crippen LogP contribution >= 0.6 is 22.9 Å². The van der Waals surface area contributed by atoms with E-state index in [4.69, 9.17) is 11.6 Å². The van der Waals surface area contributed by atoms with Gasteiger partial charge in [0.1, 0.15) is 11.6 Å². The zero-order valence-corrected chi connectivity index (χ0v) is 15.2. The summed E-state index contributed by atoms with van der Waals surface area (Å²) in [5.74, 6) is -1.91. The number of para-hydroxylation sites is 1. The van der Waals surface area contributed by atoms with Crippen LogP contribution in [0.5, 0.6) is 0 Å². The zero-order chi connectivity index (χ0) is 19.0. The maximum absolute atomic E-state index is 13.9. The first kappa shape index (κ1) is 17.6. The van der Waals surface area contributed by atoms with Crippen LogP contribution in [-0.2, 0) is 0 Å². The van der Waals surface area contributed by atoms with E-state index in [-0.39, 0.29) is 5.69 Å². The van der Waals surface area contributed by atoms with Gasteiger partial charge in [0, 0.05) is 11.5 Å². The SMILES string of the molecule is O=C(Nc1cc(F)ccc1F)c1cc(-c2ccc(Cl)s2)nc2ccccc12. The van der Waals surface area contributed by atoms with Crippen molar-refractivity contribution in [2.45, 2.75) is 0 Å². The average Bonchev–Trinajstić information content (AvgIpc) is 3.10. The third kappa shape index (κ3) is 3.54. The summed E-state index contributed by atoms with van der Waals surface area (Å²) in [6.07, 6.45) is 0. The number of nitrogens with zero attached hydrogens (tertiary/aromatic N) is 1. The molecule has 0 saturated carbocycles. The third-order valence-electron chi connectivity index (χ3n) is 3.96. The summed E-state index contributed by atoms with van der Waals surface area (Å²) in [5.41, 5.74) is 1.28. The number of anilines is 1. The molecule has 2 aromatic carbocycles. The molecule has 134 valence electrons. The molecule has 0 aliphatic rings. The Kier molecular flexibility index (Phi) is 4.59. The molecule has 0 fully saturated rings. The van der Waals surface area contributed by atoms with Crippen molar-refractivity contribution in [2.75, 3.05) is 5.32 Å². The van der Waals surface area contributed by atoms with Crippen LogP contribution in [0.25, 0.3) is 21.5 Å². The van der Waals surface area contributed by atoms with E-state index in [2.05, 4.69) is 10.3 Å². The van der Waals surface area contributed by atoms with E-state index >= 15 is 0 Å². The molecule has 0 atom stereocenters. The molecule has 4 aromatic rings. The van der Waals surface area contributed by atoms with Crippen LogP contribution in [0.2, 0.25) is 4.34 Å². The van der Waals surface area contributed by atoms with Crippen molar-refractivity contribution >= 4 is 45.4 Å². The van der Waals surface area contributed by atoms with Crippen molar-refractivity contribution in [3.05, 3.63) is 82.2 Å². The lowest BCUT2D eigenvalue weighted by Gasteiger charge is -2.10. The first-order valence-corrected chi connectivity index (χ1v) is 9.12. The summed E-state index contributed by atoms with van der Waals surface area (Å²) in [5, 5.41) is 3.05. The molecule has 1 amide bonds. The maximum Gasteiger partial charge on any atom is 0.256 e. The highest BCUT2D eigenvalue weighted by Crippen LogP contribution is 2.32. The standard InChI is InChI=1S/C20H11ClF2N2OS/c21-19-8-7-18(27-19)17-10-13(12-3-1-2-4-15(12)24-17)20(26)25-16-9-11(22)5-6-14(16)23/h1-10H,(H,25,26). The average molecular weight is 401 g/mol. The Labute approximate surface area is 162 Å². The van der Waals surface area contributed by atoms with E-state index in [9.17, 15) is 13.6 Å². The molecule has 2 heterocycles. The van der Waals surface area contributed by atoms with Gasteiger partial charge >= 0.3 is 0 Å². The zero-order valence-electron chi connectivity index (χ0n) is 13.7. The van der Waals surface area contributed by atoms with Crippen molar-refractivity contribution in [2.24, 2.45) is 0 Å². The summed E-state index contributed by atoms with van der Waals surface area (Å²) in [7, 11) is 0. The van der Waals surface area contributed by atoms with Crippen LogP contribution < -0.4 is 5.32 Å². The number of aromatic nitrogens is 1. The van der Waals surface area contributed by atoms with Gasteiger partial charge in [0.15, 0.2) is 0 Å². The Bertz CT molecular complexity index is 1180. The van der Waals surface area contributed by atoms with E-state index in [1.54, 1.807) is 30.3 Å². The largest absolute Gasteiger partial charge is 0.319 e. The highest BCUT2D eigenvalue weighted by molar-refractivity contribution is 7.19. The normalized spacial score (nSPS) is 10.9. The Morgan fingerprint density at radius 1 is 1.04 bits per heavy atom. The van der Waals surface area contributed by atoms with E-state index in [0.717, 1.165) is 23.1 Å². The Balaban J connectivity index is 1.82. The molecule has 27 heavy (non-hydrogen) atoms. The molecule has 0 radical (unpaired) electrons. The lowest BCUT2D eigenvalue weighted by molar-refractivity contribution is 0.102. The van der Waals surface area contributed by atoms with Crippen molar-refractivity contribution < 1.29 is 13.6 Å². The molecule has 0 unspecified atom stereocenters. The molecule has 2 aromatic heterocycles. The number of halogens is 3. The fraction of sp³-hybridized carbons (Fsp3) is 0. The number of rotatable bonds is 3. The fourth-order valence-electron chi connectivity index (χ4n) is 2.72. The number of thiophene rings is 1. The second-order valence-electron chi connectivity index (χ2n) is 5.75. The van der Waals surface area contributed by atoms with Gasteiger partial charge in [0.05, 0.1) is 31.7 Å². The van der Waals surface area contributed by atoms with Crippen molar-refractivity contribution in [3.63, 3.8) is 0 Å². The fourth-order valence-corrected chi connectivity index (χ4v) is 3.73. The first-order valence-electron chi connectivity index (χ1n) is 7.93. The molecule has 3 nitrogen and oxygen atoms in total. The highest BCUT2D eigenvalue weighted by Gasteiger charge is 2.16. The quantitative estimate of drug-likeness (QED) is 0.448. The summed E-state index contributed by atoms with van der Waals surface area (Å²) in [4.78, 5) is 18.2. The number of carbonyl (C=O) groups excluding carboxylic acids is 1. The maximum atomic E-state index is 13.9. The number of fused-ring (bicyclic) bond motifs is 1. The van der Waals surface area contributed by atoms with Gasteiger partial charge in [-0.15, -0.1) is 11.3 Å². The summed E-state index contributed by atoms with van der Waals surface area (Å²) < 4.78 is 27.9. The van der Waals surface area contributed by atoms with Crippen LogP contribution in [0.1, 0.15) is 10.4 Å². The number of hydrogen-bond acceptors (Lipinski definition) is 3. The second-order valence-corrected chi connectivity index (χ2v) is 7.47. The van der Waals surface area contributed by atoms with Crippen LogP contribution in [0.4, 0.5) is 14.5 Å². The van der Waals surface area contributed by atoms with Gasteiger partial charge in [0.25, 0.3) is 5.91 Å². The topological polar surface area (TPSA) is 42.0 Å².